The van der Waals surface area contributed by atoms with Crippen molar-refractivity contribution in [1.29, 1.82) is 0 Å². The SMILES string of the molecule is Cc1ccc(NCC(C)(O)C(=O)O)cc1Br. The number of aliphatic carboxylic acids is 1. The Hall–Kier alpha value is -1.07. The van der Waals surface area contributed by atoms with Crippen molar-refractivity contribution in [2.45, 2.75) is 19.4 Å². The van der Waals surface area contributed by atoms with Gasteiger partial charge in [0.05, 0.1) is 6.54 Å². The summed E-state index contributed by atoms with van der Waals surface area (Å²) in [6, 6.07) is 5.58. The molecule has 0 bridgehead atoms. The van der Waals surface area contributed by atoms with E-state index in [9.17, 15) is 9.90 Å². The van der Waals surface area contributed by atoms with Gasteiger partial charge in [-0.15, -0.1) is 0 Å². The standard InChI is InChI=1S/C11H14BrNO3/c1-7-3-4-8(5-9(7)12)13-6-11(2,16)10(14)15/h3-5,13,16H,6H2,1-2H3,(H,14,15). The zero-order chi connectivity index (χ0) is 12.3. The number of carboxylic acids is 1. The molecule has 1 unspecified atom stereocenters. The second kappa shape index (κ2) is 4.84. The molecule has 0 spiro atoms. The fraction of sp³-hybridized carbons (Fsp3) is 0.364. The van der Waals surface area contributed by atoms with Crippen LogP contribution < -0.4 is 5.32 Å². The maximum atomic E-state index is 10.7. The van der Waals surface area contributed by atoms with E-state index in [1.54, 1.807) is 0 Å². The van der Waals surface area contributed by atoms with Gasteiger partial charge in [-0.2, -0.15) is 0 Å². The smallest absolute Gasteiger partial charge is 0.337 e. The van der Waals surface area contributed by atoms with Gasteiger partial charge >= 0.3 is 5.97 Å². The van der Waals surface area contributed by atoms with Crippen molar-refractivity contribution in [3.05, 3.63) is 28.2 Å². The Kier molecular flexibility index (Phi) is 3.93. The minimum absolute atomic E-state index is 0.0438. The second-order valence-corrected chi connectivity index (χ2v) is 4.75. The number of aryl methyl sites for hydroxylation is 1. The Morgan fingerprint density at radius 2 is 2.19 bits per heavy atom. The lowest BCUT2D eigenvalue weighted by Gasteiger charge is -2.19. The summed E-state index contributed by atoms with van der Waals surface area (Å²) in [6.45, 7) is 3.17. The Balaban J connectivity index is 2.68. The topological polar surface area (TPSA) is 69.6 Å². The highest BCUT2D eigenvalue weighted by atomic mass is 79.9. The van der Waals surface area contributed by atoms with Crippen molar-refractivity contribution in [2.75, 3.05) is 11.9 Å². The fourth-order valence-corrected chi connectivity index (χ4v) is 1.43. The van der Waals surface area contributed by atoms with Crippen LogP contribution in [0.4, 0.5) is 5.69 Å². The number of hydrogen-bond acceptors (Lipinski definition) is 3. The number of aliphatic hydroxyl groups is 1. The highest BCUT2D eigenvalue weighted by Gasteiger charge is 2.29. The number of carboxylic acid groups (broad SMARTS) is 1. The molecular formula is C11H14BrNO3. The van der Waals surface area contributed by atoms with Crippen LogP contribution in [0.15, 0.2) is 22.7 Å². The molecule has 16 heavy (non-hydrogen) atoms. The molecule has 1 aromatic rings. The molecule has 4 nitrogen and oxygen atoms in total. The normalized spacial score (nSPS) is 14.2. The number of rotatable bonds is 4. The molecule has 3 N–H and O–H groups in total. The fourth-order valence-electron chi connectivity index (χ4n) is 1.05. The van der Waals surface area contributed by atoms with Crippen LogP contribution in [0.25, 0.3) is 0 Å². The highest BCUT2D eigenvalue weighted by molar-refractivity contribution is 9.10. The first-order valence-electron chi connectivity index (χ1n) is 4.79. The first-order chi connectivity index (χ1) is 7.33. The van der Waals surface area contributed by atoms with E-state index in [1.165, 1.54) is 6.92 Å². The van der Waals surface area contributed by atoms with Crippen molar-refractivity contribution in [2.24, 2.45) is 0 Å². The molecule has 0 aliphatic rings. The van der Waals surface area contributed by atoms with Crippen LogP contribution in [0.1, 0.15) is 12.5 Å². The lowest BCUT2D eigenvalue weighted by molar-refractivity contribution is -0.155. The Bertz CT molecular complexity index is 404. The molecule has 1 rings (SSSR count). The summed E-state index contributed by atoms with van der Waals surface area (Å²) in [5.74, 6) is -1.24. The van der Waals surface area contributed by atoms with E-state index in [2.05, 4.69) is 21.2 Å². The van der Waals surface area contributed by atoms with E-state index >= 15 is 0 Å². The number of anilines is 1. The molecule has 0 saturated carbocycles. The van der Waals surface area contributed by atoms with Gasteiger partial charge in [0.1, 0.15) is 0 Å². The maximum absolute atomic E-state index is 10.7. The minimum atomic E-state index is -1.77. The maximum Gasteiger partial charge on any atom is 0.337 e. The van der Waals surface area contributed by atoms with E-state index in [-0.39, 0.29) is 6.54 Å². The highest BCUT2D eigenvalue weighted by Crippen LogP contribution is 2.21. The molecule has 0 aliphatic heterocycles. The molecule has 0 radical (unpaired) electrons. The Morgan fingerprint density at radius 1 is 1.56 bits per heavy atom. The summed E-state index contributed by atoms with van der Waals surface area (Å²) < 4.78 is 0.937. The van der Waals surface area contributed by atoms with Gasteiger partial charge in [-0.25, -0.2) is 4.79 Å². The Morgan fingerprint density at radius 3 is 2.69 bits per heavy atom. The molecule has 0 saturated heterocycles. The van der Waals surface area contributed by atoms with Gasteiger partial charge in [0.15, 0.2) is 5.60 Å². The molecule has 0 fully saturated rings. The molecule has 0 heterocycles. The average Bonchev–Trinajstić information content (AvgIpc) is 2.20. The predicted molar refractivity (Wildman–Crippen MR) is 65.6 cm³/mol. The summed E-state index contributed by atoms with van der Waals surface area (Å²) in [4.78, 5) is 10.7. The van der Waals surface area contributed by atoms with Crippen molar-refractivity contribution in [3.63, 3.8) is 0 Å². The summed E-state index contributed by atoms with van der Waals surface area (Å²) in [5, 5.41) is 21.1. The predicted octanol–water partition coefficient (Wildman–Crippen LogP) is 2.01. The van der Waals surface area contributed by atoms with E-state index in [1.807, 2.05) is 25.1 Å². The van der Waals surface area contributed by atoms with Crippen molar-refractivity contribution >= 4 is 27.6 Å². The number of benzene rings is 1. The molecule has 1 aromatic carbocycles. The molecule has 0 aliphatic carbocycles. The van der Waals surface area contributed by atoms with Crippen LogP contribution in [-0.2, 0) is 4.79 Å². The molecular weight excluding hydrogens is 274 g/mol. The largest absolute Gasteiger partial charge is 0.479 e. The van der Waals surface area contributed by atoms with Gasteiger partial charge in [-0.05, 0) is 31.5 Å². The van der Waals surface area contributed by atoms with Crippen molar-refractivity contribution < 1.29 is 15.0 Å². The summed E-state index contributed by atoms with van der Waals surface area (Å²) in [5.41, 5.74) is 0.0896. The van der Waals surface area contributed by atoms with E-state index in [0.29, 0.717) is 0 Å². The van der Waals surface area contributed by atoms with Gasteiger partial charge in [-0.3, -0.25) is 0 Å². The Labute approximate surface area is 102 Å². The third-order valence-corrected chi connectivity index (χ3v) is 3.12. The minimum Gasteiger partial charge on any atom is -0.479 e. The molecule has 88 valence electrons. The van der Waals surface area contributed by atoms with Crippen LogP contribution in [0, 0.1) is 6.92 Å². The molecule has 1 atom stereocenters. The van der Waals surface area contributed by atoms with Crippen LogP contribution >= 0.6 is 15.9 Å². The number of halogens is 1. The van der Waals surface area contributed by atoms with Crippen LogP contribution in [-0.4, -0.2) is 28.3 Å². The van der Waals surface area contributed by atoms with Crippen LogP contribution in [0.5, 0.6) is 0 Å². The van der Waals surface area contributed by atoms with E-state index in [0.717, 1.165) is 15.7 Å². The molecule has 0 aromatic heterocycles. The summed E-state index contributed by atoms with van der Waals surface area (Å²) in [7, 11) is 0. The third kappa shape index (κ3) is 3.21. The van der Waals surface area contributed by atoms with Gasteiger partial charge in [0, 0.05) is 10.2 Å². The third-order valence-electron chi connectivity index (χ3n) is 2.27. The first-order valence-corrected chi connectivity index (χ1v) is 5.58. The lowest BCUT2D eigenvalue weighted by Crippen LogP contribution is -2.41. The number of nitrogens with one attached hydrogen (secondary N) is 1. The summed E-state index contributed by atoms with van der Waals surface area (Å²) >= 11 is 3.38. The van der Waals surface area contributed by atoms with E-state index in [4.69, 9.17) is 5.11 Å². The molecule has 0 amide bonds. The van der Waals surface area contributed by atoms with Crippen molar-refractivity contribution in [3.8, 4) is 0 Å². The quantitative estimate of drug-likeness (QED) is 0.792. The zero-order valence-corrected chi connectivity index (χ0v) is 10.7. The van der Waals surface area contributed by atoms with Crippen LogP contribution in [0.2, 0.25) is 0 Å². The molecule has 5 heteroatoms. The number of hydrogen-bond donors (Lipinski definition) is 3. The average molecular weight is 288 g/mol. The van der Waals surface area contributed by atoms with E-state index < -0.39 is 11.6 Å². The van der Waals surface area contributed by atoms with Gasteiger partial charge in [0.25, 0.3) is 0 Å². The van der Waals surface area contributed by atoms with Crippen molar-refractivity contribution in [1.82, 2.24) is 0 Å². The monoisotopic (exact) mass is 287 g/mol. The van der Waals surface area contributed by atoms with Gasteiger partial charge in [0.2, 0.25) is 0 Å². The second-order valence-electron chi connectivity index (χ2n) is 3.90. The number of carbonyl (C=O) groups is 1. The lowest BCUT2D eigenvalue weighted by atomic mass is 10.1. The van der Waals surface area contributed by atoms with Crippen LogP contribution in [0.3, 0.4) is 0 Å². The zero-order valence-electron chi connectivity index (χ0n) is 9.12. The first kappa shape index (κ1) is 13.0. The van der Waals surface area contributed by atoms with Gasteiger partial charge < -0.3 is 15.5 Å². The van der Waals surface area contributed by atoms with Gasteiger partial charge in [-0.1, -0.05) is 22.0 Å². The summed E-state index contributed by atoms with van der Waals surface area (Å²) in [6.07, 6.45) is 0.